The highest BCUT2D eigenvalue weighted by atomic mass is 32.2. The Morgan fingerprint density at radius 2 is 1.94 bits per heavy atom. The van der Waals surface area contributed by atoms with Gasteiger partial charge in [-0.1, -0.05) is 13.8 Å². The molecule has 2 N–H and O–H groups in total. The van der Waals surface area contributed by atoms with Crippen molar-refractivity contribution in [1.29, 1.82) is 0 Å². The molecule has 0 fully saturated rings. The molecule has 1 unspecified atom stereocenters. The Morgan fingerprint density at radius 3 is 2.44 bits per heavy atom. The van der Waals surface area contributed by atoms with Gasteiger partial charge in [-0.25, -0.2) is 13.1 Å². The number of nitrogens with one attached hydrogen (secondary N) is 2. The highest BCUT2D eigenvalue weighted by molar-refractivity contribution is 7.89. The van der Waals surface area contributed by atoms with Crippen molar-refractivity contribution in [2.45, 2.75) is 31.7 Å². The molecule has 6 heteroatoms. The smallest absolute Gasteiger partial charge is 0.246 e. The molecule has 0 aliphatic carbocycles. The van der Waals surface area contributed by atoms with Crippen LogP contribution in [0.25, 0.3) is 0 Å². The zero-order chi connectivity index (χ0) is 12.3. The molecule has 0 aliphatic heterocycles. The van der Waals surface area contributed by atoms with E-state index in [4.69, 9.17) is 0 Å². The highest BCUT2D eigenvalue weighted by Crippen LogP contribution is 2.06. The Morgan fingerprint density at radius 1 is 1.31 bits per heavy atom. The highest BCUT2D eigenvalue weighted by Gasteiger charge is 2.21. The molecule has 5 nitrogen and oxygen atoms in total. The predicted octanol–water partition coefficient (Wildman–Crippen LogP) is 0.698. The summed E-state index contributed by atoms with van der Waals surface area (Å²) in [6, 6.07) is 0.971. The minimum absolute atomic E-state index is 0.164. The van der Waals surface area contributed by atoms with Crippen molar-refractivity contribution in [1.82, 2.24) is 9.71 Å². The molecular weight excluding hydrogens is 228 g/mol. The van der Waals surface area contributed by atoms with E-state index in [1.165, 1.54) is 18.5 Å². The number of hydrogen-bond donors (Lipinski definition) is 2. The zero-order valence-corrected chi connectivity index (χ0v) is 10.3. The van der Waals surface area contributed by atoms with E-state index in [-0.39, 0.29) is 16.9 Å². The summed E-state index contributed by atoms with van der Waals surface area (Å²) in [4.78, 5) is 13.7. The maximum atomic E-state index is 11.8. The third kappa shape index (κ3) is 2.93. The van der Waals surface area contributed by atoms with E-state index in [9.17, 15) is 13.2 Å². The fourth-order valence-electron chi connectivity index (χ4n) is 1.06. The summed E-state index contributed by atoms with van der Waals surface area (Å²) in [6.07, 6.45) is 2.59. The van der Waals surface area contributed by atoms with Crippen molar-refractivity contribution in [2.24, 2.45) is 5.92 Å². The molecule has 1 aromatic heterocycles. The van der Waals surface area contributed by atoms with E-state index < -0.39 is 15.5 Å². The molecule has 1 heterocycles. The molecule has 1 rings (SSSR count). The third-order valence-electron chi connectivity index (χ3n) is 2.42. The van der Waals surface area contributed by atoms with Crippen LogP contribution in [0.15, 0.2) is 28.2 Å². The summed E-state index contributed by atoms with van der Waals surface area (Å²) >= 11 is 0. The Labute approximate surface area is 94.9 Å². The molecule has 0 spiro atoms. The minimum Gasteiger partial charge on any atom is -0.366 e. The summed E-state index contributed by atoms with van der Waals surface area (Å²) < 4.78 is 26.1. The van der Waals surface area contributed by atoms with Crippen molar-refractivity contribution in [3.05, 3.63) is 28.7 Å². The molecule has 90 valence electrons. The fraction of sp³-hybridized carbons (Fsp3) is 0.500. The van der Waals surface area contributed by atoms with Gasteiger partial charge in [-0.3, -0.25) is 4.79 Å². The quantitative estimate of drug-likeness (QED) is 0.818. The first kappa shape index (κ1) is 12.9. The summed E-state index contributed by atoms with van der Waals surface area (Å²) in [6.45, 7) is 5.57. The number of rotatable bonds is 4. The second kappa shape index (κ2) is 4.80. The lowest BCUT2D eigenvalue weighted by Gasteiger charge is -2.16. The standard InChI is InChI=1S/C10H16N2O3S/c1-7(2)8(3)12-16(14,15)10-6-11-5-4-9(10)13/h4-8,12H,1-3H3,(H,11,13). The van der Waals surface area contributed by atoms with E-state index in [0.717, 1.165) is 0 Å². The van der Waals surface area contributed by atoms with Crippen LogP contribution in [0.4, 0.5) is 0 Å². The summed E-state index contributed by atoms with van der Waals surface area (Å²) in [5.74, 6) is 0.164. The Bertz CT molecular complexity index is 505. The van der Waals surface area contributed by atoms with Crippen molar-refractivity contribution >= 4 is 10.0 Å². The number of aromatic nitrogens is 1. The SMILES string of the molecule is CC(C)C(C)NS(=O)(=O)c1c[nH]ccc1=O. The van der Waals surface area contributed by atoms with Gasteiger partial charge in [0.2, 0.25) is 15.5 Å². The van der Waals surface area contributed by atoms with Crippen LogP contribution in [0.2, 0.25) is 0 Å². The molecule has 0 aliphatic rings. The normalized spacial score (nSPS) is 14.0. The van der Waals surface area contributed by atoms with Crippen LogP contribution in [-0.2, 0) is 10.0 Å². The van der Waals surface area contributed by atoms with Gasteiger partial charge in [-0.2, -0.15) is 0 Å². The summed E-state index contributed by atoms with van der Waals surface area (Å²) in [5.41, 5.74) is -0.512. The van der Waals surface area contributed by atoms with Crippen LogP contribution in [0.5, 0.6) is 0 Å². The Kier molecular flexibility index (Phi) is 3.88. The largest absolute Gasteiger partial charge is 0.366 e. The van der Waals surface area contributed by atoms with Gasteiger partial charge in [0.15, 0.2) is 0 Å². The zero-order valence-electron chi connectivity index (χ0n) is 9.52. The molecule has 16 heavy (non-hydrogen) atoms. The van der Waals surface area contributed by atoms with Gasteiger partial charge in [0.1, 0.15) is 4.90 Å². The molecule has 0 bridgehead atoms. The van der Waals surface area contributed by atoms with Crippen LogP contribution in [0.3, 0.4) is 0 Å². The third-order valence-corrected chi connectivity index (χ3v) is 4.00. The summed E-state index contributed by atoms with van der Waals surface area (Å²) in [7, 11) is -3.73. The first-order chi connectivity index (χ1) is 7.34. The Balaban J connectivity index is 3.05. The van der Waals surface area contributed by atoms with Gasteiger partial charge in [-0.05, 0) is 12.8 Å². The number of H-pyrrole nitrogens is 1. The number of hydrogen-bond acceptors (Lipinski definition) is 3. The minimum atomic E-state index is -3.73. The van der Waals surface area contributed by atoms with E-state index >= 15 is 0 Å². The second-order valence-electron chi connectivity index (χ2n) is 4.03. The van der Waals surface area contributed by atoms with Gasteiger partial charge in [0.25, 0.3) is 0 Å². The predicted molar refractivity (Wildman–Crippen MR) is 61.7 cm³/mol. The monoisotopic (exact) mass is 244 g/mol. The number of sulfonamides is 1. The topological polar surface area (TPSA) is 79.0 Å². The van der Waals surface area contributed by atoms with Gasteiger partial charge < -0.3 is 4.98 Å². The van der Waals surface area contributed by atoms with Gasteiger partial charge >= 0.3 is 0 Å². The Hall–Kier alpha value is -1.14. The molecule has 1 aromatic rings. The van der Waals surface area contributed by atoms with E-state index in [0.29, 0.717) is 0 Å². The average Bonchev–Trinajstić information content (AvgIpc) is 2.17. The lowest BCUT2D eigenvalue weighted by molar-refractivity contribution is 0.476. The van der Waals surface area contributed by atoms with Crippen LogP contribution < -0.4 is 10.2 Å². The van der Waals surface area contributed by atoms with Crippen molar-refractivity contribution in [3.8, 4) is 0 Å². The molecule has 1 atom stereocenters. The van der Waals surface area contributed by atoms with Crippen LogP contribution in [-0.4, -0.2) is 19.4 Å². The van der Waals surface area contributed by atoms with Crippen molar-refractivity contribution in [3.63, 3.8) is 0 Å². The van der Waals surface area contributed by atoms with Gasteiger partial charge in [0.05, 0.1) is 0 Å². The summed E-state index contributed by atoms with van der Waals surface area (Å²) in [5, 5.41) is 0. The average molecular weight is 244 g/mol. The molecule has 0 saturated carbocycles. The van der Waals surface area contributed by atoms with E-state index in [2.05, 4.69) is 9.71 Å². The van der Waals surface area contributed by atoms with Gasteiger partial charge in [-0.15, -0.1) is 0 Å². The van der Waals surface area contributed by atoms with Crippen molar-refractivity contribution < 1.29 is 8.42 Å². The lowest BCUT2D eigenvalue weighted by atomic mass is 10.1. The molecular formula is C10H16N2O3S. The maximum Gasteiger partial charge on any atom is 0.246 e. The second-order valence-corrected chi connectivity index (χ2v) is 5.71. The van der Waals surface area contributed by atoms with Crippen LogP contribution in [0.1, 0.15) is 20.8 Å². The van der Waals surface area contributed by atoms with Crippen LogP contribution in [0, 0.1) is 5.92 Å². The van der Waals surface area contributed by atoms with Crippen LogP contribution >= 0.6 is 0 Å². The number of pyridine rings is 1. The maximum absolute atomic E-state index is 11.8. The van der Waals surface area contributed by atoms with E-state index in [1.54, 1.807) is 6.92 Å². The first-order valence-electron chi connectivity index (χ1n) is 5.04. The molecule has 0 radical (unpaired) electrons. The fourth-order valence-corrected chi connectivity index (χ4v) is 2.50. The van der Waals surface area contributed by atoms with Gasteiger partial charge in [0, 0.05) is 24.5 Å². The van der Waals surface area contributed by atoms with E-state index in [1.807, 2.05) is 13.8 Å². The first-order valence-corrected chi connectivity index (χ1v) is 6.52. The lowest BCUT2D eigenvalue weighted by Crippen LogP contribution is -2.38. The van der Waals surface area contributed by atoms with Crippen molar-refractivity contribution in [2.75, 3.05) is 0 Å². The molecule has 0 amide bonds. The molecule has 0 aromatic carbocycles. The molecule has 0 saturated heterocycles. The number of aromatic amines is 1.